The Labute approximate surface area is 110 Å². The van der Waals surface area contributed by atoms with Crippen LogP contribution in [0.1, 0.15) is 0 Å². The molecule has 0 unspecified atom stereocenters. The van der Waals surface area contributed by atoms with Crippen LogP contribution in [0.4, 0.5) is 16.6 Å². The van der Waals surface area contributed by atoms with Gasteiger partial charge in [0.2, 0.25) is 0 Å². The predicted octanol–water partition coefficient (Wildman–Crippen LogP) is 1.45. The van der Waals surface area contributed by atoms with Gasteiger partial charge in [0.05, 0.1) is 11.9 Å². The van der Waals surface area contributed by atoms with E-state index in [4.69, 9.17) is 5.73 Å². The number of nitrogen functional groups attached to an aromatic ring is 1. The number of rotatable bonds is 2. The van der Waals surface area contributed by atoms with Gasteiger partial charge in [-0.15, -0.1) is 11.3 Å². The topological polar surface area (TPSA) is 58.3 Å². The zero-order chi connectivity index (χ0) is 12.4. The lowest BCUT2D eigenvalue weighted by atomic mass is 10.3. The van der Waals surface area contributed by atoms with E-state index in [-0.39, 0.29) is 0 Å². The van der Waals surface area contributed by atoms with Gasteiger partial charge >= 0.3 is 0 Å². The lowest BCUT2D eigenvalue weighted by Gasteiger charge is -2.35. The van der Waals surface area contributed by atoms with Gasteiger partial charge in [-0.05, 0) is 12.1 Å². The molecule has 6 heteroatoms. The average molecular weight is 261 g/mol. The third-order valence-corrected chi connectivity index (χ3v) is 3.90. The molecule has 1 saturated heterocycles. The van der Waals surface area contributed by atoms with Gasteiger partial charge in [-0.25, -0.2) is 9.97 Å². The van der Waals surface area contributed by atoms with Gasteiger partial charge in [-0.3, -0.25) is 0 Å². The van der Waals surface area contributed by atoms with E-state index in [1.54, 1.807) is 17.5 Å². The molecule has 1 aliphatic heterocycles. The van der Waals surface area contributed by atoms with Crippen LogP contribution in [0.2, 0.25) is 0 Å². The minimum absolute atomic E-state index is 0.708. The molecule has 1 aliphatic rings. The summed E-state index contributed by atoms with van der Waals surface area (Å²) in [5.41, 5.74) is 6.35. The molecular formula is C12H15N5S. The van der Waals surface area contributed by atoms with Crippen LogP contribution >= 0.6 is 11.3 Å². The summed E-state index contributed by atoms with van der Waals surface area (Å²) in [5.74, 6) is 1.00. The standard InChI is InChI=1S/C12H15N5S/c13-10-1-2-11(15-9-10)16-4-6-17(7-5-16)12-14-3-8-18-12/h1-3,8-9H,4-7,13H2. The summed E-state index contributed by atoms with van der Waals surface area (Å²) in [6, 6.07) is 3.88. The minimum Gasteiger partial charge on any atom is -0.397 e. The summed E-state index contributed by atoms with van der Waals surface area (Å²) in [5, 5.41) is 3.13. The van der Waals surface area contributed by atoms with Gasteiger partial charge in [0.1, 0.15) is 5.82 Å². The van der Waals surface area contributed by atoms with E-state index in [1.807, 2.05) is 23.7 Å². The molecule has 0 atom stereocenters. The van der Waals surface area contributed by atoms with Gasteiger partial charge in [-0.1, -0.05) is 0 Å². The quantitative estimate of drug-likeness (QED) is 0.886. The van der Waals surface area contributed by atoms with Gasteiger partial charge in [0, 0.05) is 37.8 Å². The molecule has 0 aromatic carbocycles. The van der Waals surface area contributed by atoms with Crippen molar-refractivity contribution >= 4 is 28.0 Å². The number of nitrogens with two attached hydrogens (primary N) is 1. The number of pyridine rings is 1. The summed E-state index contributed by atoms with van der Waals surface area (Å²) >= 11 is 1.69. The molecule has 94 valence electrons. The van der Waals surface area contributed by atoms with E-state index in [1.165, 1.54) is 0 Å². The monoisotopic (exact) mass is 261 g/mol. The molecule has 0 bridgehead atoms. The fourth-order valence-electron chi connectivity index (χ4n) is 2.08. The maximum atomic E-state index is 5.65. The van der Waals surface area contributed by atoms with E-state index in [0.717, 1.165) is 37.1 Å². The Morgan fingerprint density at radius 3 is 2.44 bits per heavy atom. The van der Waals surface area contributed by atoms with Gasteiger partial charge in [0.15, 0.2) is 5.13 Å². The van der Waals surface area contributed by atoms with Crippen LogP contribution in [0.25, 0.3) is 0 Å². The highest BCUT2D eigenvalue weighted by molar-refractivity contribution is 7.13. The Balaban J connectivity index is 1.65. The van der Waals surface area contributed by atoms with Crippen molar-refractivity contribution in [1.82, 2.24) is 9.97 Å². The number of piperazine rings is 1. The Morgan fingerprint density at radius 2 is 1.83 bits per heavy atom. The second kappa shape index (κ2) is 4.81. The number of nitrogens with zero attached hydrogens (tertiary/aromatic N) is 4. The average Bonchev–Trinajstić information content (AvgIpc) is 2.94. The molecule has 3 heterocycles. The Hall–Kier alpha value is -1.82. The van der Waals surface area contributed by atoms with E-state index in [2.05, 4.69) is 19.8 Å². The molecular weight excluding hydrogens is 246 g/mol. The van der Waals surface area contributed by atoms with Crippen LogP contribution in [-0.4, -0.2) is 36.1 Å². The third kappa shape index (κ3) is 2.24. The molecule has 3 rings (SSSR count). The molecule has 0 aliphatic carbocycles. The van der Waals surface area contributed by atoms with E-state index in [0.29, 0.717) is 5.69 Å². The Morgan fingerprint density at radius 1 is 1.06 bits per heavy atom. The molecule has 2 aromatic heterocycles. The van der Waals surface area contributed by atoms with Crippen molar-refractivity contribution in [2.75, 3.05) is 41.7 Å². The molecule has 18 heavy (non-hydrogen) atoms. The molecule has 0 radical (unpaired) electrons. The number of hydrogen-bond donors (Lipinski definition) is 1. The van der Waals surface area contributed by atoms with Crippen LogP contribution < -0.4 is 15.5 Å². The molecule has 0 amide bonds. The number of aromatic nitrogens is 2. The zero-order valence-electron chi connectivity index (χ0n) is 9.99. The van der Waals surface area contributed by atoms with Crippen molar-refractivity contribution in [3.63, 3.8) is 0 Å². The number of thiazole rings is 1. The second-order valence-corrected chi connectivity index (χ2v) is 5.11. The van der Waals surface area contributed by atoms with Gasteiger partial charge in [-0.2, -0.15) is 0 Å². The highest BCUT2D eigenvalue weighted by atomic mass is 32.1. The minimum atomic E-state index is 0.708. The Kier molecular flexibility index (Phi) is 3.02. The van der Waals surface area contributed by atoms with Crippen LogP contribution in [0.3, 0.4) is 0 Å². The molecule has 2 aromatic rings. The fraction of sp³-hybridized carbons (Fsp3) is 0.333. The van der Waals surface area contributed by atoms with Crippen LogP contribution in [-0.2, 0) is 0 Å². The van der Waals surface area contributed by atoms with E-state index >= 15 is 0 Å². The molecule has 1 fully saturated rings. The van der Waals surface area contributed by atoms with Crippen LogP contribution in [0, 0.1) is 0 Å². The summed E-state index contributed by atoms with van der Waals surface area (Å²) in [7, 11) is 0. The largest absolute Gasteiger partial charge is 0.397 e. The molecule has 0 saturated carbocycles. The first-order valence-electron chi connectivity index (χ1n) is 5.94. The second-order valence-electron chi connectivity index (χ2n) is 4.24. The summed E-state index contributed by atoms with van der Waals surface area (Å²) < 4.78 is 0. The summed E-state index contributed by atoms with van der Waals surface area (Å²) in [6.45, 7) is 3.91. The first kappa shape index (κ1) is 11.3. The van der Waals surface area contributed by atoms with Crippen molar-refractivity contribution in [3.8, 4) is 0 Å². The molecule has 5 nitrogen and oxygen atoms in total. The maximum absolute atomic E-state index is 5.65. The highest BCUT2D eigenvalue weighted by Gasteiger charge is 2.19. The van der Waals surface area contributed by atoms with E-state index in [9.17, 15) is 0 Å². The molecule has 2 N–H and O–H groups in total. The maximum Gasteiger partial charge on any atom is 0.185 e. The number of anilines is 3. The van der Waals surface area contributed by atoms with Crippen molar-refractivity contribution < 1.29 is 0 Å². The SMILES string of the molecule is Nc1ccc(N2CCN(c3nccs3)CC2)nc1. The van der Waals surface area contributed by atoms with Gasteiger partial charge < -0.3 is 15.5 Å². The van der Waals surface area contributed by atoms with Crippen molar-refractivity contribution in [2.45, 2.75) is 0 Å². The van der Waals surface area contributed by atoms with Crippen molar-refractivity contribution in [1.29, 1.82) is 0 Å². The van der Waals surface area contributed by atoms with Gasteiger partial charge in [0.25, 0.3) is 0 Å². The van der Waals surface area contributed by atoms with Crippen LogP contribution in [0.15, 0.2) is 29.9 Å². The fourth-order valence-corrected chi connectivity index (χ4v) is 2.78. The lowest BCUT2D eigenvalue weighted by Crippen LogP contribution is -2.46. The third-order valence-electron chi connectivity index (χ3n) is 3.06. The first-order valence-corrected chi connectivity index (χ1v) is 6.82. The first-order chi connectivity index (χ1) is 8.83. The Bertz CT molecular complexity index is 488. The summed E-state index contributed by atoms with van der Waals surface area (Å²) in [4.78, 5) is 13.3. The smallest absolute Gasteiger partial charge is 0.185 e. The summed E-state index contributed by atoms with van der Waals surface area (Å²) in [6.07, 6.45) is 3.57. The van der Waals surface area contributed by atoms with Crippen molar-refractivity contribution in [2.24, 2.45) is 0 Å². The highest BCUT2D eigenvalue weighted by Crippen LogP contribution is 2.21. The van der Waals surface area contributed by atoms with Crippen molar-refractivity contribution in [3.05, 3.63) is 29.9 Å². The number of hydrogen-bond acceptors (Lipinski definition) is 6. The zero-order valence-corrected chi connectivity index (χ0v) is 10.8. The van der Waals surface area contributed by atoms with Crippen LogP contribution in [0.5, 0.6) is 0 Å². The van der Waals surface area contributed by atoms with E-state index < -0.39 is 0 Å². The normalized spacial score (nSPS) is 16.0. The lowest BCUT2D eigenvalue weighted by molar-refractivity contribution is 0.646. The molecule has 0 spiro atoms. The predicted molar refractivity (Wildman–Crippen MR) is 75.2 cm³/mol.